The van der Waals surface area contributed by atoms with Crippen LogP contribution in [0.1, 0.15) is 32.6 Å². The molecule has 2 atom stereocenters. The molecule has 2 aromatic rings. The molecule has 0 bridgehead atoms. The topological polar surface area (TPSA) is 86.8 Å². The molecule has 2 amide bonds. The molecule has 1 aromatic carbocycles. The second-order valence-electron chi connectivity index (χ2n) is 8.19. The van der Waals surface area contributed by atoms with Crippen LogP contribution in [0.4, 0.5) is 0 Å². The van der Waals surface area contributed by atoms with Gasteiger partial charge >= 0.3 is 0 Å². The van der Waals surface area contributed by atoms with Gasteiger partial charge in [-0.2, -0.15) is 4.72 Å². The number of likely N-dealkylation sites (tertiary alicyclic amines) is 2. The van der Waals surface area contributed by atoms with Gasteiger partial charge < -0.3 is 9.80 Å². The highest BCUT2D eigenvalue weighted by Gasteiger charge is 2.40. The lowest BCUT2D eigenvalue weighted by atomic mass is 10.1. The fraction of sp³-hybridized carbons (Fsp3) is 0.455. The number of hydrogen-bond acceptors (Lipinski definition) is 5. The van der Waals surface area contributed by atoms with Crippen LogP contribution in [0.2, 0.25) is 5.02 Å². The molecular weight excluding hydrogens is 470 g/mol. The van der Waals surface area contributed by atoms with Gasteiger partial charge in [0, 0.05) is 29.5 Å². The summed E-state index contributed by atoms with van der Waals surface area (Å²) < 4.78 is 28.5. The molecule has 3 heterocycles. The van der Waals surface area contributed by atoms with Crippen molar-refractivity contribution < 1.29 is 18.0 Å². The van der Waals surface area contributed by atoms with Gasteiger partial charge in [-0.1, -0.05) is 23.7 Å². The van der Waals surface area contributed by atoms with Crippen molar-refractivity contribution in [3.63, 3.8) is 0 Å². The molecule has 10 heteroatoms. The highest BCUT2D eigenvalue weighted by Crippen LogP contribution is 2.32. The molecule has 1 N–H and O–H groups in total. The van der Waals surface area contributed by atoms with Crippen molar-refractivity contribution in [2.24, 2.45) is 0 Å². The second kappa shape index (κ2) is 9.51. The van der Waals surface area contributed by atoms with Crippen molar-refractivity contribution in [3.05, 3.63) is 41.4 Å². The van der Waals surface area contributed by atoms with E-state index in [4.69, 9.17) is 11.6 Å². The Hall–Kier alpha value is -1.94. The van der Waals surface area contributed by atoms with E-state index in [0.717, 1.165) is 41.0 Å². The number of amides is 2. The molecule has 172 valence electrons. The molecule has 1 aromatic heterocycles. The van der Waals surface area contributed by atoms with Crippen molar-refractivity contribution >= 4 is 44.8 Å². The number of carbonyl (C=O) groups excluding carboxylic acids is 2. The fourth-order valence-electron chi connectivity index (χ4n) is 4.21. The molecular formula is C22H26ClN3O4S2. The summed E-state index contributed by atoms with van der Waals surface area (Å²) in [6.07, 6.45) is 3.41. The molecule has 32 heavy (non-hydrogen) atoms. The monoisotopic (exact) mass is 495 g/mol. The van der Waals surface area contributed by atoms with Gasteiger partial charge in [-0.05, 0) is 62.4 Å². The second-order valence-corrected chi connectivity index (χ2v) is 11.6. The number of thiophene rings is 1. The van der Waals surface area contributed by atoms with Gasteiger partial charge in [-0.25, -0.2) is 8.42 Å². The maximum Gasteiger partial charge on any atom is 0.250 e. The first-order valence-electron chi connectivity index (χ1n) is 10.7. The summed E-state index contributed by atoms with van der Waals surface area (Å²) in [7, 11) is -3.87. The van der Waals surface area contributed by atoms with Crippen molar-refractivity contribution in [2.45, 2.75) is 48.9 Å². The minimum absolute atomic E-state index is 0.0639. The zero-order valence-corrected chi connectivity index (χ0v) is 20.2. The Morgan fingerprint density at radius 3 is 2.62 bits per heavy atom. The Morgan fingerprint density at radius 2 is 1.91 bits per heavy atom. The lowest BCUT2D eigenvalue weighted by Crippen LogP contribution is -2.51. The molecule has 0 unspecified atom stereocenters. The summed E-state index contributed by atoms with van der Waals surface area (Å²) in [5, 5.41) is 0.572. The average Bonchev–Trinajstić information content (AvgIpc) is 3.42. The summed E-state index contributed by atoms with van der Waals surface area (Å²) in [4.78, 5) is 29.8. The molecule has 2 aliphatic heterocycles. The minimum Gasteiger partial charge on any atom is -0.341 e. The lowest BCUT2D eigenvalue weighted by molar-refractivity contribution is -0.143. The normalized spacial score (nSPS) is 20.6. The highest BCUT2D eigenvalue weighted by atomic mass is 35.5. The lowest BCUT2D eigenvalue weighted by Gasteiger charge is -2.32. The molecule has 0 radical (unpaired) electrons. The van der Waals surface area contributed by atoms with Gasteiger partial charge in [-0.15, -0.1) is 11.3 Å². The van der Waals surface area contributed by atoms with Crippen LogP contribution < -0.4 is 4.72 Å². The summed E-state index contributed by atoms with van der Waals surface area (Å²) in [6.45, 7) is 3.51. The molecule has 2 saturated heterocycles. The first kappa shape index (κ1) is 23.2. The van der Waals surface area contributed by atoms with E-state index in [2.05, 4.69) is 4.72 Å². The van der Waals surface area contributed by atoms with Gasteiger partial charge in [0.15, 0.2) is 0 Å². The zero-order valence-electron chi connectivity index (χ0n) is 17.8. The first-order chi connectivity index (χ1) is 15.3. The van der Waals surface area contributed by atoms with Gasteiger partial charge in [0.2, 0.25) is 11.8 Å². The van der Waals surface area contributed by atoms with Gasteiger partial charge in [0.05, 0.1) is 0 Å². The number of nitrogens with zero attached hydrogens (tertiary/aromatic N) is 2. The van der Waals surface area contributed by atoms with E-state index in [9.17, 15) is 18.0 Å². The molecule has 4 rings (SSSR count). The van der Waals surface area contributed by atoms with E-state index in [1.807, 2.05) is 17.0 Å². The molecule has 0 spiro atoms. The molecule has 7 nitrogen and oxygen atoms in total. The van der Waals surface area contributed by atoms with Crippen molar-refractivity contribution in [3.8, 4) is 10.4 Å². The third-order valence-corrected chi connectivity index (χ3v) is 9.32. The first-order valence-corrected chi connectivity index (χ1v) is 13.4. The van der Waals surface area contributed by atoms with Crippen LogP contribution in [0.15, 0.2) is 40.6 Å². The molecule has 0 aliphatic carbocycles. The summed E-state index contributed by atoms with van der Waals surface area (Å²) in [6, 6.07) is 9.00. The maximum atomic E-state index is 12.9. The number of halogens is 1. The number of carbonyl (C=O) groups is 2. The summed E-state index contributed by atoms with van der Waals surface area (Å²) >= 11 is 7.16. The van der Waals surface area contributed by atoms with E-state index in [1.54, 1.807) is 25.1 Å². The van der Waals surface area contributed by atoms with Gasteiger partial charge in [0.25, 0.3) is 10.0 Å². The van der Waals surface area contributed by atoms with Gasteiger partial charge in [-0.3, -0.25) is 9.59 Å². The predicted octanol–water partition coefficient (Wildman–Crippen LogP) is 3.35. The highest BCUT2D eigenvalue weighted by molar-refractivity contribution is 7.91. The Kier molecular flexibility index (Phi) is 6.90. The minimum atomic E-state index is -3.87. The third-order valence-electron chi connectivity index (χ3n) is 5.99. The Labute approximate surface area is 197 Å². The Bertz CT molecular complexity index is 1110. The summed E-state index contributed by atoms with van der Waals surface area (Å²) in [5.74, 6) is -0.413. The van der Waals surface area contributed by atoms with E-state index in [0.29, 0.717) is 31.1 Å². The average molecular weight is 496 g/mol. The van der Waals surface area contributed by atoms with Crippen LogP contribution in [0.3, 0.4) is 0 Å². The van der Waals surface area contributed by atoms with E-state index >= 15 is 0 Å². The summed E-state index contributed by atoms with van der Waals surface area (Å²) in [5.41, 5.74) is 0.831. The van der Waals surface area contributed by atoms with Crippen molar-refractivity contribution in [2.75, 3.05) is 19.6 Å². The molecule has 2 aliphatic rings. The van der Waals surface area contributed by atoms with Crippen LogP contribution >= 0.6 is 22.9 Å². The van der Waals surface area contributed by atoms with Crippen LogP contribution in [-0.2, 0) is 19.6 Å². The quantitative estimate of drug-likeness (QED) is 0.665. The smallest absolute Gasteiger partial charge is 0.250 e. The number of benzene rings is 1. The number of hydrogen-bond donors (Lipinski definition) is 1. The Morgan fingerprint density at radius 1 is 1.16 bits per heavy atom. The maximum absolute atomic E-state index is 12.9. The third kappa shape index (κ3) is 4.85. The fourth-order valence-corrected chi connectivity index (χ4v) is 6.95. The SMILES string of the molecule is C[C@@H](C(=O)N1CCCCC1)N1CC[C@H](NS(=O)(=O)c2ccc(-c3cccc(Cl)c3)s2)C1=O. The van der Waals surface area contributed by atoms with Crippen molar-refractivity contribution in [1.29, 1.82) is 0 Å². The number of rotatable bonds is 6. The van der Waals surface area contributed by atoms with Crippen molar-refractivity contribution in [1.82, 2.24) is 14.5 Å². The van der Waals surface area contributed by atoms with Gasteiger partial charge in [0.1, 0.15) is 16.3 Å². The standard InChI is InChI=1S/C22H26ClN3O4S2/c1-15(21(27)25-11-3-2-4-12-25)26-13-10-18(22(26)28)24-32(29,30)20-9-8-19(31-20)16-6-5-7-17(23)14-16/h5-9,14-15,18,24H,2-4,10-13H2,1H3/t15-,18-/m0/s1. The zero-order chi connectivity index (χ0) is 22.9. The number of nitrogens with one attached hydrogen (secondary N) is 1. The molecule has 2 fully saturated rings. The van der Waals surface area contributed by atoms with E-state index in [1.165, 1.54) is 11.0 Å². The van der Waals surface area contributed by atoms with Crippen LogP contribution in [0, 0.1) is 0 Å². The largest absolute Gasteiger partial charge is 0.341 e. The van der Waals surface area contributed by atoms with E-state index in [-0.39, 0.29) is 16.0 Å². The van der Waals surface area contributed by atoms with Crippen LogP contribution in [0.5, 0.6) is 0 Å². The Balaban J connectivity index is 1.43. The van der Waals surface area contributed by atoms with Crippen LogP contribution in [0.25, 0.3) is 10.4 Å². The predicted molar refractivity (Wildman–Crippen MR) is 125 cm³/mol. The number of sulfonamides is 1. The molecule has 0 saturated carbocycles. The van der Waals surface area contributed by atoms with Crippen LogP contribution in [-0.4, -0.2) is 61.7 Å². The number of piperidine rings is 1. The van der Waals surface area contributed by atoms with E-state index < -0.39 is 22.1 Å².